The Morgan fingerprint density at radius 1 is 1.13 bits per heavy atom. The molecule has 1 aliphatic carbocycles. The number of benzene rings is 1. The molecule has 0 unspecified atom stereocenters. The average molecular weight is 316 g/mol. The van der Waals surface area contributed by atoms with Crippen molar-refractivity contribution in [1.82, 2.24) is 0 Å². The van der Waals surface area contributed by atoms with Gasteiger partial charge >= 0.3 is 0 Å². The van der Waals surface area contributed by atoms with E-state index in [9.17, 15) is 14.7 Å². The van der Waals surface area contributed by atoms with E-state index in [0.717, 1.165) is 37.9 Å². The van der Waals surface area contributed by atoms with Crippen LogP contribution in [0.3, 0.4) is 0 Å². The Morgan fingerprint density at radius 3 is 2.43 bits per heavy atom. The number of nitrogens with zero attached hydrogens (tertiary/aromatic N) is 1. The maximum atomic E-state index is 12.1. The number of carbonyl (C=O) groups excluding carboxylic acids is 2. The van der Waals surface area contributed by atoms with E-state index in [-0.39, 0.29) is 18.2 Å². The first-order valence-electron chi connectivity index (χ1n) is 8.48. The van der Waals surface area contributed by atoms with Gasteiger partial charge in [0, 0.05) is 24.3 Å². The molecule has 2 N–H and O–H groups in total. The average Bonchev–Trinajstić information content (AvgIpc) is 2.94. The van der Waals surface area contributed by atoms with Crippen molar-refractivity contribution in [2.45, 2.75) is 57.0 Å². The third-order valence-electron chi connectivity index (χ3n) is 4.81. The molecule has 1 aromatic carbocycles. The van der Waals surface area contributed by atoms with Crippen LogP contribution in [0.15, 0.2) is 24.3 Å². The van der Waals surface area contributed by atoms with E-state index in [2.05, 4.69) is 5.32 Å². The molecular formula is C18H24N2O3. The number of nitrogens with one attached hydrogen (secondary N) is 1. The standard InChI is InChI=1S/C18H24N2O3/c21-16(13-18(23)10-2-1-3-11-18)19-14-6-8-15(9-7-14)20-12-4-5-17(20)22/h6-9,23H,1-5,10-13H2,(H,19,21). The molecule has 5 nitrogen and oxygen atoms in total. The monoisotopic (exact) mass is 316 g/mol. The first-order chi connectivity index (χ1) is 11.1. The lowest BCUT2D eigenvalue weighted by atomic mass is 9.82. The van der Waals surface area contributed by atoms with E-state index in [1.54, 1.807) is 4.90 Å². The topological polar surface area (TPSA) is 69.6 Å². The van der Waals surface area contributed by atoms with Gasteiger partial charge in [0.25, 0.3) is 0 Å². The predicted molar refractivity (Wildman–Crippen MR) is 89.3 cm³/mol. The van der Waals surface area contributed by atoms with E-state index in [1.165, 1.54) is 0 Å². The number of rotatable bonds is 4. The van der Waals surface area contributed by atoms with Gasteiger partial charge in [0.05, 0.1) is 12.0 Å². The molecule has 5 heteroatoms. The quantitative estimate of drug-likeness (QED) is 0.897. The number of hydrogen-bond donors (Lipinski definition) is 2. The third-order valence-corrected chi connectivity index (χ3v) is 4.81. The molecule has 0 spiro atoms. The van der Waals surface area contributed by atoms with Gasteiger partial charge in [0.2, 0.25) is 11.8 Å². The number of aliphatic hydroxyl groups is 1. The molecular weight excluding hydrogens is 292 g/mol. The van der Waals surface area contributed by atoms with Crippen molar-refractivity contribution in [3.8, 4) is 0 Å². The summed E-state index contributed by atoms with van der Waals surface area (Å²) in [6, 6.07) is 7.33. The Morgan fingerprint density at radius 2 is 1.83 bits per heavy atom. The summed E-state index contributed by atoms with van der Waals surface area (Å²) in [6.45, 7) is 0.761. The zero-order valence-corrected chi connectivity index (χ0v) is 13.4. The molecule has 0 bridgehead atoms. The van der Waals surface area contributed by atoms with Gasteiger partial charge < -0.3 is 15.3 Å². The van der Waals surface area contributed by atoms with E-state index in [1.807, 2.05) is 24.3 Å². The van der Waals surface area contributed by atoms with Gasteiger partial charge in [-0.1, -0.05) is 19.3 Å². The number of hydrogen-bond acceptors (Lipinski definition) is 3. The minimum Gasteiger partial charge on any atom is -0.389 e. The predicted octanol–water partition coefficient (Wildman–Crippen LogP) is 2.84. The van der Waals surface area contributed by atoms with Crippen molar-refractivity contribution in [1.29, 1.82) is 0 Å². The Hall–Kier alpha value is -1.88. The second-order valence-electron chi connectivity index (χ2n) is 6.71. The van der Waals surface area contributed by atoms with Gasteiger partial charge in [-0.05, 0) is 43.5 Å². The van der Waals surface area contributed by atoms with Crippen LogP contribution >= 0.6 is 0 Å². The van der Waals surface area contributed by atoms with Gasteiger partial charge in [-0.25, -0.2) is 0 Å². The molecule has 23 heavy (non-hydrogen) atoms. The number of anilines is 2. The van der Waals surface area contributed by atoms with Crippen molar-refractivity contribution >= 4 is 23.2 Å². The first-order valence-corrected chi connectivity index (χ1v) is 8.48. The second kappa shape index (κ2) is 6.71. The number of carbonyl (C=O) groups is 2. The summed E-state index contributed by atoms with van der Waals surface area (Å²) in [4.78, 5) is 25.6. The van der Waals surface area contributed by atoms with Crippen molar-refractivity contribution in [2.24, 2.45) is 0 Å². The molecule has 3 rings (SSSR count). The highest BCUT2D eigenvalue weighted by Gasteiger charge is 2.31. The van der Waals surface area contributed by atoms with Gasteiger partial charge in [0.1, 0.15) is 0 Å². The molecule has 2 amide bonds. The minimum absolute atomic E-state index is 0.152. The van der Waals surface area contributed by atoms with E-state index >= 15 is 0 Å². The molecule has 2 aliphatic rings. The summed E-state index contributed by atoms with van der Waals surface area (Å²) in [5.74, 6) is 0.000653. The second-order valence-corrected chi connectivity index (χ2v) is 6.71. The third kappa shape index (κ3) is 3.91. The maximum Gasteiger partial charge on any atom is 0.227 e. The molecule has 1 heterocycles. The van der Waals surface area contributed by atoms with E-state index in [0.29, 0.717) is 24.9 Å². The summed E-state index contributed by atoms with van der Waals surface area (Å²) in [6.07, 6.45) is 6.19. The smallest absolute Gasteiger partial charge is 0.227 e. The van der Waals surface area contributed by atoms with Crippen LogP contribution in [0, 0.1) is 0 Å². The molecule has 1 saturated carbocycles. The summed E-state index contributed by atoms with van der Waals surface area (Å²) in [7, 11) is 0. The Bertz CT molecular complexity index is 576. The molecule has 1 aliphatic heterocycles. The van der Waals surface area contributed by atoms with Crippen LogP contribution in [-0.2, 0) is 9.59 Å². The summed E-state index contributed by atoms with van der Waals surface area (Å²) < 4.78 is 0. The van der Waals surface area contributed by atoms with Crippen LogP contribution in [0.2, 0.25) is 0 Å². The lowest BCUT2D eigenvalue weighted by molar-refractivity contribution is -0.122. The fourth-order valence-corrected chi connectivity index (χ4v) is 3.54. The molecule has 0 radical (unpaired) electrons. The lowest BCUT2D eigenvalue weighted by Gasteiger charge is -2.31. The normalized spacial score (nSPS) is 20.6. The zero-order valence-electron chi connectivity index (χ0n) is 13.4. The first kappa shape index (κ1) is 16.0. The lowest BCUT2D eigenvalue weighted by Crippen LogP contribution is -2.35. The molecule has 0 aromatic heterocycles. The van der Waals surface area contributed by atoms with Gasteiger partial charge in [-0.15, -0.1) is 0 Å². The Balaban J connectivity index is 1.57. The van der Waals surface area contributed by atoms with Crippen LogP contribution in [-0.4, -0.2) is 29.1 Å². The molecule has 0 atom stereocenters. The fraction of sp³-hybridized carbons (Fsp3) is 0.556. The van der Waals surface area contributed by atoms with Gasteiger partial charge in [-0.2, -0.15) is 0 Å². The van der Waals surface area contributed by atoms with Crippen LogP contribution in [0.1, 0.15) is 51.4 Å². The van der Waals surface area contributed by atoms with Crippen LogP contribution in [0.25, 0.3) is 0 Å². The maximum absolute atomic E-state index is 12.1. The van der Waals surface area contributed by atoms with E-state index < -0.39 is 5.60 Å². The largest absolute Gasteiger partial charge is 0.389 e. The van der Waals surface area contributed by atoms with Crippen LogP contribution in [0.5, 0.6) is 0 Å². The summed E-state index contributed by atoms with van der Waals surface area (Å²) in [5.41, 5.74) is 0.728. The fourth-order valence-electron chi connectivity index (χ4n) is 3.54. The Kier molecular flexibility index (Phi) is 4.66. The molecule has 1 saturated heterocycles. The highest BCUT2D eigenvalue weighted by Crippen LogP contribution is 2.31. The highest BCUT2D eigenvalue weighted by molar-refractivity contribution is 5.96. The summed E-state index contributed by atoms with van der Waals surface area (Å²) >= 11 is 0. The van der Waals surface area contributed by atoms with Crippen molar-refractivity contribution in [2.75, 3.05) is 16.8 Å². The Labute approximate surface area is 136 Å². The molecule has 2 fully saturated rings. The molecule has 124 valence electrons. The van der Waals surface area contributed by atoms with Crippen molar-refractivity contribution in [3.05, 3.63) is 24.3 Å². The minimum atomic E-state index is -0.843. The van der Waals surface area contributed by atoms with Gasteiger partial charge in [0.15, 0.2) is 0 Å². The highest BCUT2D eigenvalue weighted by atomic mass is 16.3. The molecule has 1 aromatic rings. The number of amides is 2. The van der Waals surface area contributed by atoms with Crippen LogP contribution in [0.4, 0.5) is 11.4 Å². The summed E-state index contributed by atoms with van der Waals surface area (Å²) in [5, 5.41) is 13.3. The van der Waals surface area contributed by atoms with Crippen molar-refractivity contribution < 1.29 is 14.7 Å². The van der Waals surface area contributed by atoms with Gasteiger partial charge in [-0.3, -0.25) is 9.59 Å². The van der Waals surface area contributed by atoms with E-state index in [4.69, 9.17) is 0 Å². The SMILES string of the molecule is O=C(CC1(O)CCCCC1)Nc1ccc(N2CCCC2=O)cc1. The zero-order chi connectivity index (χ0) is 16.3. The van der Waals surface area contributed by atoms with Crippen molar-refractivity contribution in [3.63, 3.8) is 0 Å². The van der Waals surface area contributed by atoms with Crippen LogP contribution < -0.4 is 10.2 Å².